The van der Waals surface area contributed by atoms with Gasteiger partial charge in [-0.3, -0.25) is 9.78 Å². The lowest BCUT2D eigenvalue weighted by atomic mass is 10.0. The number of carbonyl (C=O) groups is 2. The number of benzene rings is 1. The predicted octanol–water partition coefficient (Wildman–Crippen LogP) is 5.19. The van der Waals surface area contributed by atoms with Gasteiger partial charge >= 0.3 is 6.09 Å². The number of rotatable bonds is 4. The molecule has 3 heterocycles. The summed E-state index contributed by atoms with van der Waals surface area (Å²) in [5, 5.41) is 3.06. The van der Waals surface area contributed by atoms with Crippen LogP contribution < -0.4 is 11.1 Å². The van der Waals surface area contributed by atoms with Crippen LogP contribution in [-0.2, 0) is 4.74 Å². The zero-order valence-corrected chi connectivity index (χ0v) is 20.5. The largest absolute Gasteiger partial charge is 0.444 e. The SMILES string of the molecule is CC(C)(C)OC(=O)N1CCC[C@H](NC(=O)c2sc(-c3cccc(-c4ccncc4)c3)cc2N)C1. The highest BCUT2D eigenvalue weighted by atomic mass is 32.1. The Hall–Kier alpha value is -3.39. The average molecular weight is 479 g/mol. The second-order valence-electron chi connectivity index (χ2n) is 9.45. The molecule has 1 saturated heterocycles. The van der Waals surface area contributed by atoms with E-state index in [0.717, 1.165) is 34.4 Å². The molecule has 178 valence electrons. The van der Waals surface area contributed by atoms with E-state index in [9.17, 15) is 9.59 Å². The molecule has 0 unspecified atom stereocenters. The molecule has 2 amide bonds. The van der Waals surface area contributed by atoms with Gasteiger partial charge in [0.25, 0.3) is 5.91 Å². The number of aromatic nitrogens is 1. The molecule has 8 heteroatoms. The van der Waals surface area contributed by atoms with Crippen LogP contribution >= 0.6 is 11.3 Å². The normalized spacial score (nSPS) is 16.2. The number of ether oxygens (including phenoxy) is 1. The van der Waals surface area contributed by atoms with Gasteiger partial charge in [0.1, 0.15) is 10.5 Å². The average Bonchev–Trinajstić information content (AvgIpc) is 3.21. The summed E-state index contributed by atoms with van der Waals surface area (Å²) in [7, 11) is 0. The number of piperidine rings is 1. The zero-order chi connectivity index (χ0) is 24.3. The van der Waals surface area contributed by atoms with E-state index in [2.05, 4.69) is 16.4 Å². The van der Waals surface area contributed by atoms with Crippen LogP contribution in [0.1, 0.15) is 43.3 Å². The molecule has 1 aromatic carbocycles. The van der Waals surface area contributed by atoms with E-state index in [4.69, 9.17) is 10.5 Å². The van der Waals surface area contributed by atoms with E-state index in [0.29, 0.717) is 23.7 Å². The van der Waals surface area contributed by atoms with Crippen LogP contribution in [0.5, 0.6) is 0 Å². The van der Waals surface area contributed by atoms with E-state index in [1.54, 1.807) is 17.3 Å². The molecular formula is C26H30N4O3S. The van der Waals surface area contributed by atoms with Gasteiger partial charge in [-0.2, -0.15) is 0 Å². The fourth-order valence-electron chi connectivity index (χ4n) is 3.96. The number of hydrogen-bond acceptors (Lipinski definition) is 6. The van der Waals surface area contributed by atoms with Crippen molar-refractivity contribution in [3.8, 4) is 21.6 Å². The summed E-state index contributed by atoms with van der Waals surface area (Å²) in [6, 6.07) is 13.8. The van der Waals surface area contributed by atoms with Crippen molar-refractivity contribution < 1.29 is 14.3 Å². The van der Waals surface area contributed by atoms with Crippen LogP contribution in [0.15, 0.2) is 54.9 Å². The number of nitrogens with one attached hydrogen (secondary N) is 1. The molecule has 2 aromatic heterocycles. The number of likely N-dealkylation sites (tertiary alicyclic amines) is 1. The van der Waals surface area contributed by atoms with Gasteiger partial charge in [-0.05, 0) is 74.6 Å². The molecule has 1 aliphatic rings. The number of thiophene rings is 1. The predicted molar refractivity (Wildman–Crippen MR) is 136 cm³/mol. The van der Waals surface area contributed by atoms with Gasteiger partial charge < -0.3 is 20.7 Å². The zero-order valence-electron chi connectivity index (χ0n) is 19.7. The summed E-state index contributed by atoms with van der Waals surface area (Å²) in [4.78, 5) is 32.6. The molecule has 0 radical (unpaired) electrons. The van der Waals surface area contributed by atoms with Gasteiger partial charge in [0.05, 0.1) is 5.69 Å². The summed E-state index contributed by atoms with van der Waals surface area (Å²) in [5.41, 5.74) is 9.28. The third kappa shape index (κ3) is 5.75. The minimum Gasteiger partial charge on any atom is -0.444 e. The van der Waals surface area contributed by atoms with Crippen molar-refractivity contribution in [3.63, 3.8) is 0 Å². The third-order valence-electron chi connectivity index (χ3n) is 5.54. The summed E-state index contributed by atoms with van der Waals surface area (Å²) in [5.74, 6) is -0.213. The van der Waals surface area contributed by atoms with Crippen molar-refractivity contribution >= 4 is 29.0 Å². The first kappa shape index (κ1) is 23.8. The molecule has 3 aromatic rings. The lowest BCUT2D eigenvalue weighted by Crippen LogP contribution is -2.50. The molecule has 0 bridgehead atoms. The van der Waals surface area contributed by atoms with Gasteiger partial charge in [0.2, 0.25) is 0 Å². The maximum Gasteiger partial charge on any atom is 0.410 e. The number of anilines is 1. The van der Waals surface area contributed by atoms with Crippen LogP contribution in [0.4, 0.5) is 10.5 Å². The van der Waals surface area contributed by atoms with Crippen molar-refractivity contribution in [1.29, 1.82) is 0 Å². The third-order valence-corrected chi connectivity index (χ3v) is 6.73. The van der Waals surface area contributed by atoms with Gasteiger partial charge in [0.15, 0.2) is 0 Å². The molecule has 0 spiro atoms. The van der Waals surface area contributed by atoms with Crippen molar-refractivity contribution in [3.05, 3.63) is 59.7 Å². The maximum atomic E-state index is 13.0. The van der Waals surface area contributed by atoms with E-state index in [1.165, 1.54) is 11.3 Å². The minimum atomic E-state index is -0.552. The Balaban J connectivity index is 1.45. The quantitative estimate of drug-likeness (QED) is 0.538. The molecule has 0 aliphatic carbocycles. The number of nitrogens with zero attached hydrogens (tertiary/aromatic N) is 2. The van der Waals surface area contributed by atoms with Crippen LogP contribution in [0.25, 0.3) is 21.6 Å². The number of nitrogens with two attached hydrogens (primary N) is 1. The van der Waals surface area contributed by atoms with Crippen LogP contribution in [0, 0.1) is 0 Å². The second kappa shape index (κ2) is 9.85. The van der Waals surface area contributed by atoms with Crippen molar-refractivity contribution in [1.82, 2.24) is 15.2 Å². The van der Waals surface area contributed by atoms with Gasteiger partial charge in [0, 0.05) is 36.4 Å². The number of carbonyl (C=O) groups excluding carboxylic acids is 2. The minimum absolute atomic E-state index is 0.145. The fraction of sp³-hybridized carbons (Fsp3) is 0.346. The Kier molecular flexibility index (Phi) is 6.88. The highest BCUT2D eigenvalue weighted by Gasteiger charge is 2.29. The smallest absolute Gasteiger partial charge is 0.410 e. The first-order valence-corrected chi connectivity index (χ1v) is 12.2. The molecule has 4 rings (SSSR count). The monoisotopic (exact) mass is 478 g/mol. The highest BCUT2D eigenvalue weighted by molar-refractivity contribution is 7.18. The molecular weight excluding hydrogens is 448 g/mol. The Morgan fingerprint density at radius 3 is 2.59 bits per heavy atom. The Morgan fingerprint density at radius 2 is 1.85 bits per heavy atom. The van der Waals surface area contributed by atoms with Crippen LogP contribution in [-0.4, -0.2) is 46.6 Å². The van der Waals surface area contributed by atoms with Gasteiger partial charge in [-0.25, -0.2) is 4.79 Å². The highest BCUT2D eigenvalue weighted by Crippen LogP contribution is 2.35. The van der Waals surface area contributed by atoms with E-state index < -0.39 is 5.60 Å². The topological polar surface area (TPSA) is 97.5 Å². The Labute approximate surface area is 204 Å². The molecule has 34 heavy (non-hydrogen) atoms. The fourth-order valence-corrected chi connectivity index (χ4v) is 4.94. The van der Waals surface area contributed by atoms with Gasteiger partial charge in [-0.1, -0.05) is 18.2 Å². The molecule has 1 fully saturated rings. The summed E-state index contributed by atoms with van der Waals surface area (Å²) in [6.45, 7) is 6.58. The second-order valence-corrected chi connectivity index (χ2v) is 10.5. The van der Waals surface area contributed by atoms with Crippen molar-refractivity contribution in [2.24, 2.45) is 0 Å². The van der Waals surface area contributed by atoms with E-state index in [1.807, 2.05) is 57.2 Å². The van der Waals surface area contributed by atoms with E-state index in [-0.39, 0.29) is 18.0 Å². The summed E-state index contributed by atoms with van der Waals surface area (Å²) < 4.78 is 5.48. The Bertz CT molecular complexity index is 1170. The van der Waals surface area contributed by atoms with Gasteiger partial charge in [-0.15, -0.1) is 11.3 Å². The molecule has 1 atom stereocenters. The number of amides is 2. The lowest BCUT2D eigenvalue weighted by Gasteiger charge is -2.34. The molecule has 1 aliphatic heterocycles. The van der Waals surface area contributed by atoms with Crippen molar-refractivity contribution in [2.45, 2.75) is 45.3 Å². The maximum absolute atomic E-state index is 13.0. The summed E-state index contributed by atoms with van der Waals surface area (Å²) in [6.07, 6.45) is 4.79. The van der Waals surface area contributed by atoms with E-state index >= 15 is 0 Å². The Morgan fingerprint density at radius 1 is 1.12 bits per heavy atom. The number of hydrogen-bond donors (Lipinski definition) is 2. The van der Waals surface area contributed by atoms with Crippen LogP contribution in [0.2, 0.25) is 0 Å². The molecule has 7 nitrogen and oxygen atoms in total. The first-order valence-electron chi connectivity index (χ1n) is 11.4. The standard InChI is InChI=1S/C26H30N4O3S/c1-26(2,3)33-25(32)30-13-5-8-20(16-30)29-24(31)23-21(27)15-22(34-23)19-7-4-6-18(14-19)17-9-11-28-12-10-17/h4,6-7,9-12,14-15,20H,5,8,13,16,27H2,1-3H3,(H,29,31)/t20-/m0/s1. The number of nitrogen functional groups attached to an aromatic ring is 1. The molecule has 3 N–H and O–H groups in total. The molecule has 0 saturated carbocycles. The van der Waals surface area contributed by atoms with Crippen LogP contribution in [0.3, 0.4) is 0 Å². The first-order chi connectivity index (χ1) is 16.2. The summed E-state index contributed by atoms with van der Waals surface area (Å²) >= 11 is 1.37. The van der Waals surface area contributed by atoms with Crippen molar-refractivity contribution in [2.75, 3.05) is 18.8 Å². The lowest BCUT2D eigenvalue weighted by molar-refractivity contribution is 0.0186. The number of pyridine rings is 1.